The topological polar surface area (TPSA) is 48.1 Å². The van der Waals surface area contributed by atoms with Gasteiger partial charge in [-0.05, 0) is 30.5 Å². The van der Waals surface area contributed by atoms with Crippen LogP contribution >= 0.6 is 0 Å². The Morgan fingerprint density at radius 3 is 3.00 bits per heavy atom. The van der Waals surface area contributed by atoms with Gasteiger partial charge in [0.1, 0.15) is 0 Å². The van der Waals surface area contributed by atoms with E-state index in [1.54, 1.807) is 0 Å². The number of hydrogen-bond donors (Lipinski definition) is 1. The molecule has 88 valence electrons. The van der Waals surface area contributed by atoms with Gasteiger partial charge in [-0.15, -0.1) is 0 Å². The molecule has 0 spiro atoms. The number of rotatable bonds is 1. The van der Waals surface area contributed by atoms with Crippen LogP contribution in [0.1, 0.15) is 24.5 Å². The average molecular weight is 228 g/mol. The highest BCUT2D eigenvalue weighted by Crippen LogP contribution is 2.31. The summed E-state index contributed by atoms with van der Waals surface area (Å²) in [4.78, 5) is 4.37. The standard InChI is InChI=1S/C14H16N2O/c15-10-6-8-17-14(9-10)12-5-7-16-13-4-2-1-3-11(12)13/h1-5,7,10,14H,6,8-9,15H2. The molecule has 1 aliphatic rings. The van der Waals surface area contributed by atoms with Gasteiger partial charge in [-0.2, -0.15) is 0 Å². The van der Waals surface area contributed by atoms with Crippen LogP contribution in [0.3, 0.4) is 0 Å². The van der Waals surface area contributed by atoms with Crippen molar-refractivity contribution in [3.63, 3.8) is 0 Å². The van der Waals surface area contributed by atoms with Crippen LogP contribution in [0.2, 0.25) is 0 Å². The number of nitrogens with zero attached hydrogens (tertiary/aromatic N) is 1. The van der Waals surface area contributed by atoms with Crippen LogP contribution in [0.5, 0.6) is 0 Å². The maximum atomic E-state index is 6.01. The van der Waals surface area contributed by atoms with Crippen LogP contribution in [0.4, 0.5) is 0 Å². The van der Waals surface area contributed by atoms with Crippen molar-refractivity contribution in [2.24, 2.45) is 5.73 Å². The molecule has 3 nitrogen and oxygen atoms in total. The Morgan fingerprint density at radius 2 is 2.12 bits per heavy atom. The number of fused-ring (bicyclic) bond motifs is 1. The maximum Gasteiger partial charge on any atom is 0.0846 e. The van der Waals surface area contributed by atoms with Gasteiger partial charge in [-0.25, -0.2) is 0 Å². The molecule has 2 unspecified atom stereocenters. The van der Waals surface area contributed by atoms with Crippen molar-refractivity contribution < 1.29 is 4.74 Å². The van der Waals surface area contributed by atoms with E-state index in [9.17, 15) is 0 Å². The van der Waals surface area contributed by atoms with Crippen molar-refractivity contribution >= 4 is 10.9 Å². The fourth-order valence-corrected chi connectivity index (χ4v) is 2.44. The minimum atomic E-state index is 0.117. The molecule has 2 heterocycles. The summed E-state index contributed by atoms with van der Waals surface area (Å²) < 4.78 is 5.83. The lowest BCUT2D eigenvalue weighted by atomic mass is 9.96. The highest BCUT2D eigenvalue weighted by Gasteiger charge is 2.22. The van der Waals surface area contributed by atoms with Crippen molar-refractivity contribution in [1.29, 1.82) is 0 Å². The van der Waals surface area contributed by atoms with Gasteiger partial charge in [0.25, 0.3) is 0 Å². The fraction of sp³-hybridized carbons (Fsp3) is 0.357. The first-order chi connectivity index (χ1) is 8.34. The summed E-state index contributed by atoms with van der Waals surface area (Å²) in [5.41, 5.74) is 8.25. The van der Waals surface area contributed by atoms with Gasteiger partial charge >= 0.3 is 0 Å². The van der Waals surface area contributed by atoms with Gasteiger partial charge in [0, 0.05) is 24.2 Å². The number of nitrogens with two attached hydrogens (primary N) is 1. The highest BCUT2D eigenvalue weighted by molar-refractivity contribution is 5.82. The Bertz CT molecular complexity index is 521. The lowest BCUT2D eigenvalue weighted by Gasteiger charge is -2.28. The van der Waals surface area contributed by atoms with Crippen LogP contribution in [0.15, 0.2) is 36.5 Å². The summed E-state index contributed by atoms with van der Waals surface area (Å²) in [6, 6.07) is 10.5. The summed E-state index contributed by atoms with van der Waals surface area (Å²) in [5, 5.41) is 1.18. The maximum absolute atomic E-state index is 6.01. The monoisotopic (exact) mass is 228 g/mol. The quantitative estimate of drug-likeness (QED) is 0.815. The Morgan fingerprint density at radius 1 is 1.24 bits per heavy atom. The first-order valence-corrected chi connectivity index (χ1v) is 6.05. The molecule has 0 bridgehead atoms. The molecular formula is C14H16N2O. The number of para-hydroxylation sites is 1. The zero-order chi connectivity index (χ0) is 11.7. The zero-order valence-corrected chi connectivity index (χ0v) is 9.67. The number of benzene rings is 1. The SMILES string of the molecule is NC1CCOC(c2ccnc3ccccc23)C1. The summed E-state index contributed by atoms with van der Waals surface area (Å²) in [6.07, 6.45) is 3.82. The third-order valence-corrected chi connectivity index (χ3v) is 3.35. The highest BCUT2D eigenvalue weighted by atomic mass is 16.5. The van der Waals surface area contributed by atoms with E-state index in [0.717, 1.165) is 25.0 Å². The van der Waals surface area contributed by atoms with Gasteiger partial charge in [0.2, 0.25) is 0 Å². The number of aromatic nitrogens is 1. The van der Waals surface area contributed by atoms with E-state index in [-0.39, 0.29) is 12.1 Å². The first kappa shape index (κ1) is 10.7. The Hall–Kier alpha value is -1.45. The minimum Gasteiger partial charge on any atom is -0.373 e. The summed E-state index contributed by atoms with van der Waals surface area (Å²) in [5.74, 6) is 0. The molecule has 0 saturated carbocycles. The Kier molecular flexibility index (Phi) is 2.79. The van der Waals surface area contributed by atoms with Crippen molar-refractivity contribution in [3.05, 3.63) is 42.1 Å². The smallest absolute Gasteiger partial charge is 0.0846 e. The van der Waals surface area contributed by atoms with Gasteiger partial charge in [-0.3, -0.25) is 4.98 Å². The predicted molar refractivity (Wildman–Crippen MR) is 67.6 cm³/mol. The van der Waals surface area contributed by atoms with Crippen LogP contribution < -0.4 is 5.73 Å². The van der Waals surface area contributed by atoms with E-state index in [2.05, 4.69) is 11.1 Å². The van der Waals surface area contributed by atoms with Crippen LogP contribution in [-0.2, 0) is 4.74 Å². The van der Waals surface area contributed by atoms with Crippen molar-refractivity contribution in [3.8, 4) is 0 Å². The molecule has 1 fully saturated rings. The molecule has 1 saturated heterocycles. The number of pyridine rings is 1. The van der Waals surface area contributed by atoms with E-state index < -0.39 is 0 Å². The Balaban J connectivity index is 2.04. The second-order valence-corrected chi connectivity index (χ2v) is 4.56. The van der Waals surface area contributed by atoms with Gasteiger partial charge < -0.3 is 10.5 Å². The van der Waals surface area contributed by atoms with Crippen molar-refractivity contribution in [1.82, 2.24) is 4.98 Å². The zero-order valence-electron chi connectivity index (χ0n) is 9.67. The van der Waals surface area contributed by atoms with E-state index in [0.29, 0.717) is 0 Å². The largest absolute Gasteiger partial charge is 0.373 e. The normalized spacial score (nSPS) is 25.0. The first-order valence-electron chi connectivity index (χ1n) is 6.05. The molecule has 3 rings (SSSR count). The molecular weight excluding hydrogens is 212 g/mol. The second kappa shape index (κ2) is 4.43. The molecule has 2 N–H and O–H groups in total. The third-order valence-electron chi connectivity index (χ3n) is 3.35. The molecule has 1 aromatic carbocycles. The summed E-state index contributed by atoms with van der Waals surface area (Å²) in [6.45, 7) is 0.752. The molecule has 1 aliphatic heterocycles. The van der Waals surface area contributed by atoms with Gasteiger partial charge in [0.05, 0.1) is 11.6 Å². The molecule has 2 aromatic rings. The summed E-state index contributed by atoms with van der Waals surface area (Å²) >= 11 is 0. The van der Waals surface area contributed by atoms with E-state index in [1.165, 1.54) is 10.9 Å². The fourth-order valence-electron chi connectivity index (χ4n) is 2.44. The van der Waals surface area contributed by atoms with Crippen LogP contribution in [-0.4, -0.2) is 17.6 Å². The number of hydrogen-bond acceptors (Lipinski definition) is 3. The molecule has 2 atom stereocenters. The van der Waals surface area contributed by atoms with Crippen molar-refractivity contribution in [2.75, 3.05) is 6.61 Å². The van der Waals surface area contributed by atoms with E-state index in [4.69, 9.17) is 10.5 Å². The summed E-state index contributed by atoms with van der Waals surface area (Å²) in [7, 11) is 0. The van der Waals surface area contributed by atoms with E-state index in [1.807, 2.05) is 30.5 Å². The van der Waals surface area contributed by atoms with Gasteiger partial charge in [0.15, 0.2) is 0 Å². The average Bonchev–Trinajstić information content (AvgIpc) is 2.38. The molecule has 0 amide bonds. The molecule has 3 heteroatoms. The van der Waals surface area contributed by atoms with Crippen LogP contribution in [0, 0.1) is 0 Å². The Labute approximate surface area is 101 Å². The molecule has 0 radical (unpaired) electrons. The van der Waals surface area contributed by atoms with E-state index >= 15 is 0 Å². The lowest BCUT2D eigenvalue weighted by molar-refractivity contribution is 0.00752. The molecule has 0 aliphatic carbocycles. The molecule has 17 heavy (non-hydrogen) atoms. The van der Waals surface area contributed by atoms with Crippen molar-refractivity contribution in [2.45, 2.75) is 25.0 Å². The molecule has 1 aromatic heterocycles. The minimum absolute atomic E-state index is 0.117. The lowest BCUT2D eigenvalue weighted by Crippen LogP contribution is -2.30. The predicted octanol–water partition coefficient (Wildman–Crippen LogP) is 2.41. The number of ether oxygens (including phenoxy) is 1. The third kappa shape index (κ3) is 2.04. The second-order valence-electron chi connectivity index (χ2n) is 4.56. The van der Waals surface area contributed by atoms with Crippen LogP contribution in [0.25, 0.3) is 10.9 Å². The van der Waals surface area contributed by atoms with Gasteiger partial charge in [-0.1, -0.05) is 18.2 Å².